The molecular weight excluding hydrogens is 206 g/mol. The molecule has 1 atom stereocenters. The molecule has 0 aliphatic heterocycles. The summed E-state index contributed by atoms with van der Waals surface area (Å²) < 4.78 is 4.95. The molecule has 0 radical (unpaired) electrons. The lowest BCUT2D eigenvalue weighted by Gasteiger charge is -2.08. The zero-order valence-electron chi connectivity index (χ0n) is 9.19. The van der Waals surface area contributed by atoms with Gasteiger partial charge in [0.2, 0.25) is 0 Å². The second-order valence-corrected chi connectivity index (χ2v) is 4.02. The lowest BCUT2D eigenvalue weighted by molar-refractivity contribution is 0.0524. The van der Waals surface area contributed by atoms with Gasteiger partial charge in [0.1, 0.15) is 5.75 Å². The molecule has 16 heavy (non-hydrogen) atoms. The van der Waals surface area contributed by atoms with Gasteiger partial charge in [-0.25, -0.2) is 4.79 Å². The summed E-state index contributed by atoms with van der Waals surface area (Å²) in [5.41, 5.74) is 8.17. The van der Waals surface area contributed by atoms with E-state index in [4.69, 9.17) is 10.5 Å². The number of aromatic hydroxyl groups is 1. The van der Waals surface area contributed by atoms with Crippen LogP contribution >= 0.6 is 0 Å². The van der Waals surface area contributed by atoms with Gasteiger partial charge in [-0.15, -0.1) is 0 Å². The fourth-order valence-electron chi connectivity index (χ4n) is 2.15. The lowest BCUT2D eigenvalue weighted by Crippen LogP contribution is -2.19. The Morgan fingerprint density at radius 2 is 2.31 bits per heavy atom. The van der Waals surface area contributed by atoms with Crippen LogP contribution in [0.5, 0.6) is 5.75 Å². The first-order chi connectivity index (χ1) is 7.61. The minimum absolute atomic E-state index is 0.0324. The van der Waals surface area contributed by atoms with Crippen LogP contribution < -0.4 is 5.73 Å². The van der Waals surface area contributed by atoms with E-state index in [9.17, 15) is 9.90 Å². The van der Waals surface area contributed by atoms with Crippen LogP contribution in [0.3, 0.4) is 0 Å². The van der Waals surface area contributed by atoms with E-state index in [1.165, 1.54) is 6.07 Å². The first kappa shape index (κ1) is 11.0. The van der Waals surface area contributed by atoms with E-state index in [0.717, 1.165) is 11.1 Å². The number of carbonyl (C=O) groups is 1. The maximum Gasteiger partial charge on any atom is 0.338 e. The third-order valence-corrected chi connectivity index (χ3v) is 2.77. The number of hydrogen-bond acceptors (Lipinski definition) is 4. The van der Waals surface area contributed by atoms with Gasteiger partial charge in [0.25, 0.3) is 0 Å². The Balaban J connectivity index is 2.42. The van der Waals surface area contributed by atoms with Gasteiger partial charge >= 0.3 is 5.97 Å². The van der Waals surface area contributed by atoms with E-state index < -0.39 is 0 Å². The number of rotatable bonds is 2. The predicted octanol–water partition coefficient (Wildman–Crippen LogP) is 0.995. The second kappa shape index (κ2) is 4.14. The van der Waals surface area contributed by atoms with Gasteiger partial charge in [0.15, 0.2) is 0 Å². The maximum atomic E-state index is 11.7. The molecule has 0 bridgehead atoms. The van der Waals surface area contributed by atoms with Crippen LogP contribution in [-0.2, 0) is 17.6 Å². The summed E-state index contributed by atoms with van der Waals surface area (Å²) in [6, 6.07) is 3.16. The van der Waals surface area contributed by atoms with E-state index in [1.807, 2.05) is 0 Å². The molecule has 4 nitrogen and oxygen atoms in total. The van der Waals surface area contributed by atoms with Crippen LogP contribution in [0.15, 0.2) is 12.1 Å². The summed E-state index contributed by atoms with van der Waals surface area (Å²) in [4.78, 5) is 11.7. The van der Waals surface area contributed by atoms with Crippen molar-refractivity contribution in [1.29, 1.82) is 0 Å². The zero-order chi connectivity index (χ0) is 11.7. The van der Waals surface area contributed by atoms with Crippen LogP contribution in [0.4, 0.5) is 0 Å². The number of benzene rings is 1. The van der Waals surface area contributed by atoms with Crippen molar-refractivity contribution < 1.29 is 14.6 Å². The summed E-state index contributed by atoms with van der Waals surface area (Å²) in [7, 11) is 0. The number of phenolic OH excluding ortho intramolecular Hbond substituents is 1. The molecule has 0 heterocycles. The quantitative estimate of drug-likeness (QED) is 0.731. The highest BCUT2D eigenvalue weighted by Gasteiger charge is 2.25. The largest absolute Gasteiger partial charge is 0.508 e. The Morgan fingerprint density at radius 1 is 1.56 bits per heavy atom. The van der Waals surface area contributed by atoms with E-state index >= 15 is 0 Å². The first-order valence-corrected chi connectivity index (χ1v) is 5.39. The van der Waals surface area contributed by atoms with Crippen LogP contribution in [-0.4, -0.2) is 23.7 Å². The van der Waals surface area contributed by atoms with Crippen molar-refractivity contribution >= 4 is 5.97 Å². The molecule has 0 saturated carbocycles. The fraction of sp³-hybridized carbons (Fsp3) is 0.417. The molecule has 3 N–H and O–H groups in total. The monoisotopic (exact) mass is 221 g/mol. The average molecular weight is 221 g/mol. The first-order valence-electron chi connectivity index (χ1n) is 5.39. The van der Waals surface area contributed by atoms with Crippen LogP contribution in [0, 0.1) is 0 Å². The molecule has 1 aromatic rings. The van der Waals surface area contributed by atoms with Gasteiger partial charge in [0.05, 0.1) is 12.2 Å². The highest BCUT2D eigenvalue weighted by atomic mass is 16.5. The minimum Gasteiger partial charge on any atom is -0.508 e. The van der Waals surface area contributed by atoms with Gasteiger partial charge in [-0.2, -0.15) is 0 Å². The Hall–Kier alpha value is -1.55. The van der Waals surface area contributed by atoms with Gasteiger partial charge in [0, 0.05) is 6.04 Å². The molecule has 86 valence electrons. The van der Waals surface area contributed by atoms with Crippen molar-refractivity contribution in [3.05, 3.63) is 28.8 Å². The molecule has 0 aromatic heterocycles. The smallest absolute Gasteiger partial charge is 0.338 e. The third-order valence-electron chi connectivity index (χ3n) is 2.77. The molecular formula is C12H15NO3. The lowest BCUT2D eigenvalue weighted by atomic mass is 10.0. The number of carbonyl (C=O) groups excluding carboxylic acids is 1. The molecule has 1 aromatic carbocycles. The molecule has 1 aliphatic carbocycles. The summed E-state index contributed by atoms with van der Waals surface area (Å²) in [5.74, 6) is -0.292. The molecule has 4 heteroatoms. The van der Waals surface area contributed by atoms with Crippen LogP contribution in [0.25, 0.3) is 0 Å². The fourth-order valence-corrected chi connectivity index (χ4v) is 2.15. The van der Waals surface area contributed by atoms with Crippen molar-refractivity contribution in [3.8, 4) is 5.75 Å². The SMILES string of the molecule is CCOC(=O)c1cc(O)cc2c1CC(N)C2. The van der Waals surface area contributed by atoms with Gasteiger partial charge in [-0.3, -0.25) is 0 Å². The third kappa shape index (κ3) is 1.88. The average Bonchev–Trinajstić information content (AvgIpc) is 2.57. The second-order valence-electron chi connectivity index (χ2n) is 4.02. The summed E-state index contributed by atoms with van der Waals surface area (Å²) in [6.45, 7) is 2.09. The van der Waals surface area contributed by atoms with Crippen LogP contribution in [0.2, 0.25) is 0 Å². The zero-order valence-corrected chi connectivity index (χ0v) is 9.19. The highest BCUT2D eigenvalue weighted by molar-refractivity contribution is 5.92. The molecule has 0 fully saturated rings. The number of nitrogens with two attached hydrogens (primary N) is 1. The molecule has 1 unspecified atom stereocenters. The molecule has 0 saturated heterocycles. The van der Waals surface area contributed by atoms with E-state index in [2.05, 4.69) is 0 Å². The van der Waals surface area contributed by atoms with Gasteiger partial charge in [-0.05, 0) is 43.0 Å². The highest BCUT2D eigenvalue weighted by Crippen LogP contribution is 2.29. The van der Waals surface area contributed by atoms with Gasteiger partial charge < -0.3 is 15.6 Å². The molecule has 1 aliphatic rings. The topological polar surface area (TPSA) is 72.5 Å². The summed E-state index contributed by atoms with van der Waals surface area (Å²) >= 11 is 0. The minimum atomic E-state index is -0.385. The van der Waals surface area contributed by atoms with Crippen molar-refractivity contribution in [2.75, 3.05) is 6.61 Å². The number of phenols is 1. The number of fused-ring (bicyclic) bond motifs is 1. The van der Waals surface area contributed by atoms with E-state index in [1.54, 1.807) is 13.0 Å². The summed E-state index contributed by atoms with van der Waals surface area (Å²) in [5, 5.41) is 9.53. The van der Waals surface area contributed by atoms with Crippen molar-refractivity contribution in [3.63, 3.8) is 0 Å². The van der Waals surface area contributed by atoms with Crippen molar-refractivity contribution in [2.24, 2.45) is 5.73 Å². The Morgan fingerprint density at radius 3 is 3.00 bits per heavy atom. The normalized spacial score (nSPS) is 18.2. The molecule has 2 rings (SSSR count). The number of hydrogen-bond donors (Lipinski definition) is 2. The van der Waals surface area contributed by atoms with Gasteiger partial charge in [-0.1, -0.05) is 0 Å². The predicted molar refractivity (Wildman–Crippen MR) is 59.4 cm³/mol. The number of esters is 1. The Bertz CT molecular complexity index is 429. The Kier molecular flexibility index (Phi) is 2.83. The van der Waals surface area contributed by atoms with E-state index in [0.29, 0.717) is 25.0 Å². The maximum absolute atomic E-state index is 11.7. The van der Waals surface area contributed by atoms with Crippen molar-refractivity contribution in [2.45, 2.75) is 25.8 Å². The number of ether oxygens (including phenoxy) is 1. The van der Waals surface area contributed by atoms with E-state index in [-0.39, 0.29) is 17.8 Å². The standard InChI is InChI=1S/C12H15NO3/c1-2-16-12(15)11-6-9(14)4-7-3-8(13)5-10(7)11/h4,6,8,14H,2-3,5,13H2,1H3. The Labute approximate surface area is 94.0 Å². The summed E-state index contributed by atoms with van der Waals surface area (Å²) in [6.07, 6.45) is 1.37. The molecule has 0 amide bonds. The van der Waals surface area contributed by atoms with Crippen molar-refractivity contribution in [1.82, 2.24) is 0 Å². The molecule has 0 spiro atoms. The van der Waals surface area contributed by atoms with Crippen LogP contribution in [0.1, 0.15) is 28.4 Å².